The minimum atomic E-state index is 0.773. The van der Waals surface area contributed by atoms with Gasteiger partial charge in [0, 0.05) is 0 Å². The van der Waals surface area contributed by atoms with Crippen molar-refractivity contribution in [3.8, 4) is 0 Å². The van der Waals surface area contributed by atoms with Crippen molar-refractivity contribution in [3.05, 3.63) is 12.7 Å². The maximum atomic E-state index is 3.69. The molecule has 0 amide bonds. The van der Waals surface area contributed by atoms with Gasteiger partial charge in [-0.05, 0) is 38.3 Å². The lowest BCUT2D eigenvalue weighted by molar-refractivity contribution is 0.536. The number of allylic oxidation sites excluding steroid dienone is 1. The fourth-order valence-electron chi connectivity index (χ4n) is 0.929. The highest BCUT2D eigenvalue weighted by Crippen LogP contribution is 1.94. The fourth-order valence-corrected chi connectivity index (χ4v) is 0.929. The van der Waals surface area contributed by atoms with Crippen molar-refractivity contribution in [1.29, 1.82) is 0 Å². The Labute approximate surface area is 70.9 Å². The molecule has 0 aromatic carbocycles. The molecule has 66 valence electrons. The Bertz CT molecular complexity index is 86.9. The van der Waals surface area contributed by atoms with Crippen LogP contribution in [0.25, 0.3) is 0 Å². The van der Waals surface area contributed by atoms with Crippen LogP contribution in [0.2, 0.25) is 0 Å². The summed E-state index contributed by atoms with van der Waals surface area (Å²) in [6.45, 7) is 10.5. The summed E-state index contributed by atoms with van der Waals surface area (Å²) in [6, 6.07) is 0. The number of nitrogens with one attached hydrogen (secondary N) is 1. The third-order valence-corrected chi connectivity index (χ3v) is 1.56. The second kappa shape index (κ2) is 7.80. The zero-order valence-corrected chi connectivity index (χ0v) is 7.90. The van der Waals surface area contributed by atoms with Crippen LogP contribution < -0.4 is 5.32 Å². The smallest absolute Gasteiger partial charge is 0.00258 e. The lowest BCUT2D eigenvalue weighted by Gasteiger charge is -2.05. The summed E-state index contributed by atoms with van der Waals surface area (Å²) >= 11 is 0. The molecular formula is C10H21N. The molecule has 0 aromatic rings. The number of rotatable bonds is 7. The largest absolute Gasteiger partial charge is 0.316 e. The van der Waals surface area contributed by atoms with Gasteiger partial charge >= 0.3 is 0 Å². The lowest BCUT2D eigenvalue weighted by Crippen LogP contribution is -2.20. The second-order valence-electron chi connectivity index (χ2n) is 3.38. The van der Waals surface area contributed by atoms with Crippen LogP contribution in [-0.2, 0) is 0 Å². The molecule has 0 fully saturated rings. The van der Waals surface area contributed by atoms with Crippen molar-refractivity contribution in [2.24, 2.45) is 5.92 Å². The highest BCUT2D eigenvalue weighted by Gasteiger charge is 1.91. The van der Waals surface area contributed by atoms with Gasteiger partial charge in [-0.3, -0.25) is 0 Å². The van der Waals surface area contributed by atoms with Crippen LogP contribution in [0.3, 0.4) is 0 Å². The van der Waals surface area contributed by atoms with E-state index in [2.05, 4.69) is 25.7 Å². The highest BCUT2D eigenvalue weighted by atomic mass is 14.8. The van der Waals surface area contributed by atoms with Crippen LogP contribution in [0.15, 0.2) is 12.7 Å². The average molecular weight is 155 g/mol. The lowest BCUT2D eigenvalue weighted by atomic mass is 10.2. The van der Waals surface area contributed by atoms with Gasteiger partial charge in [0.25, 0.3) is 0 Å². The zero-order chi connectivity index (χ0) is 8.53. The first-order valence-corrected chi connectivity index (χ1v) is 4.59. The maximum absolute atomic E-state index is 3.69. The molecule has 0 saturated heterocycles. The fraction of sp³-hybridized carbons (Fsp3) is 0.800. The van der Waals surface area contributed by atoms with E-state index in [-0.39, 0.29) is 0 Å². The molecule has 0 rings (SSSR count). The summed E-state index contributed by atoms with van der Waals surface area (Å²) in [5.41, 5.74) is 0. The van der Waals surface area contributed by atoms with E-state index in [1.807, 2.05) is 6.08 Å². The summed E-state index contributed by atoms with van der Waals surface area (Å²) in [5.74, 6) is 0.773. The van der Waals surface area contributed by atoms with Gasteiger partial charge in [0.2, 0.25) is 0 Å². The van der Waals surface area contributed by atoms with Crippen LogP contribution in [0.4, 0.5) is 0 Å². The first-order chi connectivity index (χ1) is 5.27. The van der Waals surface area contributed by atoms with Gasteiger partial charge in [0.05, 0.1) is 0 Å². The standard InChI is InChI=1S/C10H21N/c1-4-5-6-7-8-11-9-10(2)3/h4,10-11H,1,5-9H2,2-3H3. The van der Waals surface area contributed by atoms with E-state index < -0.39 is 0 Å². The molecule has 0 aliphatic carbocycles. The minimum absolute atomic E-state index is 0.773. The molecule has 0 unspecified atom stereocenters. The van der Waals surface area contributed by atoms with Crippen LogP contribution in [0.1, 0.15) is 33.1 Å². The van der Waals surface area contributed by atoms with Crippen molar-refractivity contribution < 1.29 is 0 Å². The molecule has 1 N–H and O–H groups in total. The van der Waals surface area contributed by atoms with Crippen molar-refractivity contribution in [2.45, 2.75) is 33.1 Å². The predicted octanol–water partition coefficient (Wildman–Crippen LogP) is 2.59. The minimum Gasteiger partial charge on any atom is -0.316 e. The Kier molecular flexibility index (Phi) is 7.59. The zero-order valence-electron chi connectivity index (χ0n) is 7.90. The SMILES string of the molecule is C=CCCCCNCC(C)C. The molecule has 0 heterocycles. The first-order valence-electron chi connectivity index (χ1n) is 4.59. The molecule has 0 aliphatic heterocycles. The van der Waals surface area contributed by atoms with Gasteiger partial charge < -0.3 is 5.32 Å². The highest BCUT2D eigenvalue weighted by molar-refractivity contribution is 4.65. The molecule has 0 radical (unpaired) electrons. The van der Waals surface area contributed by atoms with Crippen molar-refractivity contribution in [1.82, 2.24) is 5.32 Å². The van der Waals surface area contributed by atoms with Gasteiger partial charge in [-0.15, -0.1) is 6.58 Å². The van der Waals surface area contributed by atoms with Crippen molar-refractivity contribution in [3.63, 3.8) is 0 Å². The summed E-state index contributed by atoms with van der Waals surface area (Å²) in [6.07, 6.45) is 5.69. The molecular weight excluding hydrogens is 134 g/mol. The molecule has 0 aromatic heterocycles. The average Bonchev–Trinajstić information content (AvgIpc) is 1.96. The molecule has 0 saturated carbocycles. The van der Waals surface area contributed by atoms with E-state index in [9.17, 15) is 0 Å². The van der Waals surface area contributed by atoms with Crippen LogP contribution in [0, 0.1) is 5.92 Å². The van der Waals surface area contributed by atoms with E-state index in [0.29, 0.717) is 0 Å². The molecule has 0 aliphatic rings. The molecule has 1 nitrogen and oxygen atoms in total. The number of unbranched alkanes of at least 4 members (excludes halogenated alkanes) is 2. The molecule has 0 atom stereocenters. The number of hydrogen-bond acceptors (Lipinski definition) is 1. The topological polar surface area (TPSA) is 12.0 Å². The summed E-state index contributed by atoms with van der Waals surface area (Å²) < 4.78 is 0. The second-order valence-corrected chi connectivity index (χ2v) is 3.38. The molecule has 0 spiro atoms. The van der Waals surface area contributed by atoms with Gasteiger partial charge in [-0.2, -0.15) is 0 Å². The van der Waals surface area contributed by atoms with Crippen LogP contribution in [-0.4, -0.2) is 13.1 Å². The quantitative estimate of drug-likeness (QED) is 0.440. The molecule has 11 heavy (non-hydrogen) atoms. The van der Waals surface area contributed by atoms with E-state index >= 15 is 0 Å². The van der Waals surface area contributed by atoms with Crippen molar-refractivity contribution >= 4 is 0 Å². The third-order valence-electron chi connectivity index (χ3n) is 1.56. The monoisotopic (exact) mass is 155 g/mol. The third kappa shape index (κ3) is 9.70. The van der Waals surface area contributed by atoms with Gasteiger partial charge in [-0.1, -0.05) is 19.9 Å². The Morgan fingerprint density at radius 2 is 2.09 bits per heavy atom. The summed E-state index contributed by atoms with van der Waals surface area (Å²) in [4.78, 5) is 0. The van der Waals surface area contributed by atoms with Gasteiger partial charge in [-0.25, -0.2) is 0 Å². The Morgan fingerprint density at radius 1 is 1.36 bits per heavy atom. The van der Waals surface area contributed by atoms with E-state index in [1.54, 1.807) is 0 Å². The normalized spacial score (nSPS) is 10.5. The predicted molar refractivity (Wildman–Crippen MR) is 51.8 cm³/mol. The van der Waals surface area contributed by atoms with Crippen molar-refractivity contribution in [2.75, 3.05) is 13.1 Å². The molecule has 0 bridgehead atoms. The van der Waals surface area contributed by atoms with E-state index in [0.717, 1.165) is 25.4 Å². The number of hydrogen-bond donors (Lipinski definition) is 1. The Balaban J connectivity index is 2.85. The van der Waals surface area contributed by atoms with Gasteiger partial charge in [0.15, 0.2) is 0 Å². The van der Waals surface area contributed by atoms with Crippen LogP contribution >= 0.6 is 0 Å². The van der Waals surface area contributed by atoms with E-state index in [4.69, 9.17) is 0 Å². The summed E-state index contributed by atoms with van der Waals surface area (Å²) in [5, 5.41) is 3.41. The Morgan fingerprint density at radius 3 is 2.64 bits per heavy atom. The molecule has 1 heteroatoms. The summed E-state index contributed by atoms with van der Waals surface area (Å²) in [7, 11) is 0. The maximum Gasteiger partial charge on any atom is -0.00258 e. The van der Waals surface area contributed by atoms with Crippen LogP contribution in [0.5, 0.6) is 0 Å². The first kappa shape index (κ1) is 10.7. The Hall–Kier alpha value is -0.300. The van der Waals surface area contributed by atoms with E-state index in [1.165, 1.54) is 12.8 Å². The van der Waals surface area contributed by atoms with Gasteiger partial charge in [0.1, 0.15) is 0 Å².